The van der Waals surface area contributed by atoms with Crippen LogP contribution in [0.5, 0.6) is 0 Å². The van der Waals surface area contributed by atoms with Crippen molar-refractivity contribution in [1.82, 2.24) is 0 Å². The average molecular weight is 331 g/mol. The van der Waals surface area contributed by atoms with Crippen LogP contribution in [0.4, 0.5) is 0 Å². The molecule has 0 amide bonds. The molecule has 0 bridgehead atoms. The Morgan fingerprint density at radius 2 is 1.37 bits per heavy atom. The van der Waals surface area contributed by atoms with E-state index in [1.807, 2.05) is 5.20 Å². The molecular weight excluding hydrogens is 298 g/mol. The van der Waals surface area contributed by atoms with Gasteiger partial charge >= 0.3 is 0 Å². The molecule has 0 aromatic rings. The lowest BCUT2D eigenvalue weighted by Gasteiger charge is -2.28. The van der Waals surface area contributed by atoms with Crippen molar-refractivity contribution in [2.24, 2.45) is 0 Å². The Balaban J connectivity index is 2.82. The molecule has 0 saturated heterocycles. The van der Waals surface area contributed by atoms with Gasteiger partial charge in [-0.1, -0.05) is 48.7 Å². The number of hydrogen-bond donors (Lipinski definition) is 0. The molecule has 0 nitrogen and oxygen atoms in total. The first-order valence-corrected chi connectivity index (χ1v) is 18.5. The maximum atomic E-state index is 2.65. The Bertz CT molecular complexity index is 380. The van der Waals surface area contributed by atoms with Gasteiger partial charge in [0.25, 0.3) is 0 Å². The monoisotopic (exact) mass is 330 g/mol. The second-order valence-corrected chi connectivity index (χ2v) is 23.4. The number of hydrogen-bond acceptors (Lipinski definition) is 0. The number of rotatable bonds is 6. The van der Waals surface area contributed by atoms with Crippen LogP contribution >= 0.6 is 15.8 Å². The van der Waals surface area contributed by atoms with Crippen molar-refractivity contribution in [3.05, 3.63) is 22.5 Å². The Labute approximate surface area is 125 Å². The van der Waals surface area contributed by atoms with E-state index in [4.69, 9.17) is 0 Å². The van der Waals surface area contributed by atoms with E-state index < -0.39 is 16.1 Å². The zero-order chi connectivity index (χ0) is 14.8. The van der Waals surface area contributed by atoms with Crippen LogP contribution in [0, 0.1) is 0 Å². The zero-order valence-corrected chi connectivity index (χ0v) is 18.0. The van der Waals surface area contributed by atoms with Crippen molar-refractivity contribution in [3.63, 3.8) is 0 Å². The molecule has 0 radical (unpaired) electrons. The molecule has 0 atom stereocenters. The summed E-state index contributed by atoms with van der Waals surface area (Å²) in [5, 5.41) is 3.59. The van der Waals surface area contributed by atoms with Gasteiger partial charge in [0.05, 0.1) is 16.1 Å². The third-order valence-electron chi connectivity index (χ3n) is 3.95. The first kappa shape index (κ1) is 17.8. The van der Waals surface area contributed by atoms with Crippen LogP contribution in [-0.2, 0) is 0 Å². The quantitative estimate of drug-likeness (QED) is 0.458. The molecule has 19 heavy (non-hydrogen) atoms. The Morgan fingerprint density at radius 1 is 0.895 bits per heavy atom. The normalized spacial score (nSPS) is 17.2. The first-order valence-electron chi connectivity index (χ1n) is 7.26. The highest BCUT2D eigenvalue weighted by molar-refractivity contribution is 7.59. The summed E-state index contributed by atoms with van der Waals surface area (Å²) >= 11 is 0. The Morgan fingerprint density at radius 3 is 1.84 bits per heavy atom. The summed E-state index contributed by atoms with van der Waals surface area (Å²) in [6, 6.07) is 0. The molecule has 1 rings (SSSR count). The van der Waals surface area contributed by atoms with E-state index in [1.165, 1.54) is 18.0 Å². The smallest absolute Gasteiger partial charge is 0.0843 e. The van der Waals surface area contributed by atoms with Crippen LogP contribution in [0.2, 0.25) is 26.2 Å². The van der Waals surface area contributed by atoms with Crippen molar-refractivity contribution >= 4 is 32.0 Å². The van der Waals surface area contributed by atoms with E-state index in [0.717, 1.165) is 0 Å². The maximum absolute atomic E-state index is 2.65. The minimum Gasteiger partial charge on any atom is -0.116 e. The molecular formula is C15H32P2Si2. The maximum Gasteiger partial charge on any atom is 0.0843 e. The van der Waals surface area contributed by atoms with Crippen molar-refractivity contribution < 1.29 is 0 Å². The molecule has 0 unspecified atom stereocenters. The fourth-order valence-electron chi connectivity index (χ4n) is 3.24. The highest BCUT2D eigenvalue weighted by Gasteiger charge is 2.33. The second-order valence-electron chi connectivity index (χ2n) is 7.78. The van der Waals surface area contributed by atoms with Gasteiger partial charge in [-0.15, -0.1) is 15.8 Å². The van der Waals surface area contributed by atoms with Gasteiger partial charge in [-0.25, -0.2) is 0 Å². The lowest BCUT2D eigenvalue weighted by atomic mass is 10.5. The summed E-state index contributed by atoms with van der Waals surface area (Å²) in [6.45, 7) is 20.1. The average Bonchev–Trinajstić information content (AvgIpc) is 2.62. The predicted molar refractivity (Wildman–Crippen MR) is 103 cm³/mol. The van der Waals surface area contributed by atoms with Crippen LogP contribution in [0.15, 0.2) is 22.5 Å². The highest BCUT2D eigenvalue weighted by atomic mass is 31.1. The van der Waals surface area contributed by atoms with Crippen molar-refractivity contribution in [2.75, 3.05) is 38.2 Å². The van der Waals surface area contributed by atoms with Crippen molar-refractivity contribution in [3.8, 4) is 0 Å². The van der Waals surface area contributed by atoms with E-state index in [0.29, 0.717) is 0 Å². The van der Waals surface area contributed by atoms with Crippen LogP contribution < -0.4 is 0 Å². The van der Waals surface area contributed by atoms with Crippen LogP contribution in [-0.4, -0.2) is 54.4 Å². The van der Waals surface area contributed by atoms with E-state index in [-0.39, 0.29) is 15.8 Å². The SMILES string of the molecule is CP(C)C[Si](C)(C)C1=CCC([Si](C)(C)CP(C)C)=C1. The van der Waals surface area contributed by atoms with Crippen molar-refractivity contribution in [2.45, 2.75) is 32.6 Å². The van der Waals surface area contributed by atoms with Gasteiger partial charge in [0.1, 0.15) is 0 Å². The van der Waals surface area contributed by atoms with Crippen molar-refractivity contribution in [1.29, 1.82) is 0 Å². The fourth-order valence-corrected chi connectivity index (χ4v) is 20.0. The van der Waals surface area contributed by atoms with E-state index >= 15 is 0 Å². The Kier molecular flexibility index (Phi) is 6.28. The molecule has 0 aromatic carbocycles. The summed E-state index contributed by atoms with van der Waals surface area (Å²) < 4.78 is 0. The van der Waals surface area contributed by atoms with Crippen LogP contribution in [0.25, 0.3) is 0 Å². The molecule has 0 fully saturated rings. The standard InChI is InChI=1S/C15H32P2Si2/c1-16(2)12-18(5,6)14-9-10-15(11-14)19(7,8)13-17(3)4/h9,11H,10,12-13H2,1-8H3. The van der Waals surface area contributed by atoms with Gasteiger partial charge in [-0.3, -0.25) is 0 Å². The third kappa shape index (κ3) is 5.23. The molecule has 0 saturated carbocycles. The van der Waals surface area contributed by atoms with Crippen LogP contribution in [0.1, 0.15) is 6.42 Å². The summed E-state index contributed by atoms with van der Waals surface area (Å²) in [5.74, 6) is 3.00. The fraction of sp³-hybridized carbons (Fsp3) is 0.733. The Hall–Kier alpha value is 0.774. The molecule has 0 aliphatic heterocycles. The molecule has 0 N–H and O–H groups in total. The van der Waals surface area contributed by atoms with Gasteiger partial charge < -0.3 is 0 Å². The van der Waals surface area contributed by atoms with Gasteiger partial charge in [0.15, 0.2) is 0 Å². The van der Waals surface area contributed by atoms with E-state index in [1.54, 1.807) is 5.20 Å². The topological polar surface area (TPSA) is 0 Å². The summed E-state index contributed by atoms with van der Waals surface area (Å²) in [5.41, 5.74) is 0. The molecule has 4 heteroatoms. The number of allylic oxidation sites excluding steroid dienone is 4. The molecule has 0 heterocycles. The molecule has 0 spiro atoms. The van der Waals surface area contributed by atoms with Gasteiger partial charge in [0.2, 0.25) is 0 Å². The minimum absolute atomic E-state index is 0.245. The summed E-state index contributed by atoms with van der Waals surface area (Å²) in [4.78, 5) is 0. The zero-order valence-electron chi connectivity index (χ0n) is 14.2. The highest BCUT2D eigenvalue weighted by Crippen LogP contribution is 2.39. The van der Waals surface area contributed by atoms with E-state index in [9.17, 15) is 0 Å². The molecule has 110 valence electrons. The van der Waals surface area contributed by atoms with Gasteiger partial charge in [-0.2, -0.15) is 0 Å². The van der Waals surface area contributed by atoms with Gasteiger partial charge in [-0.05, 0) is 44.7 Å². The third-order valence-corrected chi connectivity index (χ3v) is 19.3. The van der Waals surface area contributed by atoms with E-state index in [2.05, 4.69) is 65.0 Å². The predicted octanol–water partition coefficient (Wildman–Crippen LogP) is 5.30. The molecule has 1 aliphatic rings. The minimum atomic E-state index is -1.15. The molecule has 1 aliphatic carbocycles. The first-order chi connectivity index (χ1) is 8.54. The second kappa shape index (κ2) is 6.69. The van der Waals surface area contributed by atoms with Crippen LogP contribution in [0.3, 0.4) is 0 Å². The lowest BCUT2D eigenvalue weighted by molar-refractivity contribution is 1.34. The molecule has 0 aromatic heterocycles. The van der Waals surface area contributed by atoms with Gasteiger partial charge in [0, 0.05) is 0 Å². The lowest BCUT2D eigenvalue weighted by Crippen LogP contribution is -2.34. The summed E-state index contributed by atoms with van der Waals surface area (Å²) in [7, 11) is -1.78. The summed E-state index contributed by atoms with van der Waals surface area (Å²) in [6.07, 6.45) is 6.51. The largest absolute Gasteiger partial charge is 0.116 e.